The molecule has 1 aliphatic rings. The third-order valence-electron chi connectivity index (χ3n) is 5.23. The van der Waals surface area contributed by atoms with Crippen molar-refractivity contribution in [3.63, 3.8) is 0 Å². The second-order valence-electron chi connectivity index (χ2n) is 8.32. The van der Waals surface area contributed by atoms with E-state index in [1.54, 1.807) is 11.8 Å². The van der Waals surface area contributed by atoms with Gasteiger partial charge in [0.15, 0.2) is 0 Å². The number of nitrogens with one attached hydrogen (secondary N) is 2. The van der Waals surface area contributed by atoms with Gasteiger partial charge in [-0.3, -0.25) is 9.69 Å². The van der Waals surface area contributed by atoms with E-state index < -0.39 is 0 Å². The fourth-order valence-electron chi connectivity index (χ4n) is 3.68. The monoisotopic (exact) mass is 411 g/mol. The summed E-state index contributed by atoms with van der Waals surface area (Å²) in [4.78, 5) is 17.1. The van der Waals surface area contributed by atoms with Crippen LogP contribution in [0, 0.1) is 13.8 Å². The fraction of sp³-hybridized carbons (Fsp3) is 0.458. The van der Waals surface area contributed by atoms with Crippen molar-refractivity contribution >= 4 is 23.4 Å². The fourth-order valence-corrected chi connectivity index (χ4v) is 4.68. The van der Waals surface area contributed by atoms with Crippen molar-refractivity contribution < 1.29 is 4.79 Å². The number of aryl methyl sites for hydroxylation is 2. The molecule has 2 aromatic carbocycles. The first-order valence-corrected chi connectivity index (χ1v) is 11.3. The molecule has 1 amide bonds. The van der Waals surface area contributed by atoms with Gasteiger partial charge in [-0.15, -0.1) is 0 Å². The van der Waals surface area contributed by atoms with Gasteiger partial charge in [0.05, 0.1) is 6.54 Å². The SMILES string of the molecule is Cc1ccc(C)c(Sc2ccc(NC(=O)CN3CCC(NC(C)C)CC3)cc2)c1. The van der Waals surface area contributed by atoms with E-state index in [1.807, 2.05) is 12.1 Å². The zero-order valence-electron chi connectivity index (χ0n) is 18.0. The molecule has 2 N–H and O–H groups in total. The van der Waals surface area contributed by atoms with Crippen molar-refractivity contribution in [2.45, 2.75) is 62.4 Å². The van der Waals surface area contributed by atoms with Gasteiger partial charge in [0, 0.05) is 40.7 Å². The number of carbonyl (C=O) groups excluding carboxylic acids is 1. The summed E-state index contributed by atoms with van der Waals surface area (Å²) in [5, 5.41) is 6.63. The molecule has 0 atom stereocenters. The van der Waals surface area contributed by atoms with E-state index >= 15 is 0 Å². The molecule has 29 heavy (non-hydrogen) atoms. The number of carbonyl (C=O) groups is 1. The van der Waals surface area contributed by atoms with Crippen LogP contribution in [0.3, 0.4) is 0 Å². The summed E-state index contributed by atoms with van der Waals surface area (Å²) < 4.78 is 0. The summed E-state index contributed by atoms with van der Waals surface area (Å²) in [5.74, 6) is 0.0650. The zero-order valence-corrected chi connectivity index (χ0v) is 18.8. The molecule has 156 valence electrons. The number of likely N-dealkylation sites (tertiary alicyclic amines) is 1. The van der Waals surface area contributed by atoms with E-state index in [1.165, 1.54) is 20.9 Å². The number of anilines is 1. The summed E-state index contributed by atoms with van der Waals surface area (Å²) in [7, 11) is 0. The van der Waals surface area contributed by atoms with Crippen LogP contribution in [-0.4, -0.2) is 42.5 Å². The van der Waals surface area contributed by atoms with Gasteiger partial charge in [0.1, 0.15) is 0 Å². The van der Waals surface area contributed by atoms with E-state index in [4.69, 9.17) is 0 Å². The number of amides is 1. The average molecular weight is 412 g/mol. The lowest BCUT2D eigenvalue weighted by Crippen LogP contribution is -2.46. The highest BCUT2D eigenvalue weighted by molar-refractivity contribution is 7.99. The van der Waals surface area contributed by atoms with Crippen LogP contribution in [0.5, 0.6) is 0 Å². The Labute approximate surface area is 179 Å². The predicted molar refractivity (Wildman–Crippen MR) is 123 cm³/mol. The number of rotatable bonds is 7. The molecular formula is C24H33N3OS. The second-order valence-corrected chi connectivity index (χ2v) is 9.43. The number of nitrogens with zero attached hydrogens (tertiary/aromatic N) is 1. The first-order chi connectivity index (χ1) is 13.9. The Morgan fingerprint density at radius 2 is 1.79 bits per heavy atom. The van der Waals surface area contributed by atoms with Crippen LogP contribution in [0.25, 0.3) is 0 Å². The van der Waals surface area contributed by atoms with Crippen molar-refractivity contribution in [2.75, 3.05) is 25.0 Å². The number of piperidine rings is 1. The molecule has 2 aromatic rings. The van der Waals surface area contributed by atoms with Crippen LogP contribution in [0.2, 0.25) is 0 Å². The first-order valence-electron chi connectivity index (χ1n) is 10.5. The Kier molecular flexibility index (Phi) is 7.76. The Morgan fingerprint density at radius 3 is 2.45 bits per heavy atom. The van der Waals surface area contributed by atoms with Gasteiger partial charge in [-0.25, -0.2) is 0 Å². The maximum absolute atomic E-state index is 12.4. The molecule has 0 saturated carbocycles. The maximum Gasteiger partial charge on any atom is 0.238 e. The third-order valence-corrected chi connectivity index (χ3v) is 6.40. The average Bonchev–Trinajstić information content (AvgIpc) is 2.67. The molecule has 5 heteroatoms. The molecular weight excluding hydrogens is 378 g/mol. The van der Waals surface area contributed by atoms with Crippen molar-refractivity contribution in [3.05, 3.63) is 53.6 Å². The van der Waals surface area contributed by atoms with Crippen molar-refractivity contribution in [2.24, 2.45) is 0 Å². The Bertz CT molecular complexity index is 811. The minimum absolute atomic E-state index is 0.0650. The molecule has 1 heterocycles. The standard InChI is InChI=1S/C24H33N3OS/c1-17(2)25-21-11-13-27(14-12-21)16-24(28)26-20-7-9-22(10-8-20)29-23-15-18(3)5-6-19(23)4/h5-10,15,17,21,25H,11-14,16H2,1-4H3,(H,26,28). The van der Waals surface area contributed by atoms with Gasteiger partial charge < -0.3 is 10.6 Å². The normalized spacial score (nSPS) is 15.6. The molecule has 0 bridgehead atoms. The molecule has 1 fully saturated rings. The summed E-state index contributed by atoms with van der Waals surface area (Å²) in [5.41, 5.74) is 3.41. The van der Waals surface area contributed by atoms with Crippen molar-refractivity contribution in [3.8, 4) is 0 Å². The molecule has 0 aromatic heterocycles. The lowest BCUT2D eigenvalue weighted by molar-refractivity contribution is -0.117. The first kappa shape index (κ1) is 21.9. The highest BCUT2D eigenvalue weighted by Crippen LogP contribution is 2.31. The second kappa shape index (κ2) is 10.3. The molecule has 1 aliphatic heterocycles. The van der Waals surface area contributed by atoms with Gasteiger partial charge in [-0.05, 0) is 68.1 Å². The smallest absolute Gasteiger partial charge is 0.238 e. The summed E-state index contributed by atoms with van der Waals surface area (Å²) in [6, 6.07) is 15.7. The Balaban J connectivity index is 1.47. The van der Waals surface area contributed by atoms with Crippen LogP contribution in [0.1, 0.15) is 37.8 Å². The highest BCUT2D eigenvalue weighted by Gasteiger charge is 2.21. The summed E-state index contributed by atoms with van der Waals surface area (Å²) in [6.07, 6.45) is 2.21. The van der Waals surface area contributed by atoms with Gasteiger partial charge in [0.25, 0.3) is 0 Å². The van der Waals surface area contributed by atoms with Crippen molar-refractivity contribution in [1.82, 2.24) is 10.2 Å². The summed E-state index contributed by atoms with van der Waals surface area (Å²) in [6.45, 7) is 11.0. The van der Waals surface area contributed by atoms with Gasteiger partial charge >= 0.3 is 0 Å². The number of hydrogen-bond donors (Lipinski definition) is 2. The van der Waals surface area contributed by atoms with Gasteiger partial charge in [-0.1, -0.05) is 37.7 Å². The Hall–Kier alpha value is -1.82. The zero-order chi connectivity index (χ0) is 20.8. The third kappa shape index (κ3) is 6.88. The van der Waals surface area contributed by atoms with E-state index in [2.05, 4.69) is 73.6 Å². The highest BCUT2D eigenvalue weighted by atomic mass is 32.2. The van der Waals surface area contributed by atoms with Crippen LogP contribution < -0.4 is 10.6 Å². The lowest BCUT2D eigenvalue weighted by atomic mass is 10.0. The maximum atomic E-state index is 12.4. The molecule has 0 aliphatic carbocycles. The predicted octanol–water partition coefficient (Wildman–Crippen LogP) is 4.86. The van der Waals surface area contributed by atoms with E-state index in [-0.39, 0.29) is 5.91 Å². The van der Waals surface area contributed by atoms with Crippen molar-refractivity contribution in [1.29, 1.82) is 0 Å². The van der Waals surface area contributed by atoms with E-state index in [0.717, 1.165) is 31.6 Å². The number of hydrogen-bond acceptors (Lipinski definition) is 4. The van der Waals surface area contributed by atoms with Crippen LogP contribution in [0.4, 0.5) is 5.69 Å². The quantitative estimate of drug-likeness (QED) is 0.683. The summed E-state index contributed by atoms with van der Waals surface area (Å²) >= 11 is 1.76. The molecule has 0 radical (unpaired) electrons. The molecule has 0 unspecified atom stereocenters. The minimum atomic E-state index is 0.0650. The van der Waals surface area contributed by atoms with Gasteiger partial charge in [-0.2, -0.15) is 0 Å². The molecule has 4 nitrogen and oxygen atoms in total. The van der Waals surface area contributed by atoms with Crippen LogP contribution >= 0.6 is 11.8 Å². The largest absolute Gasteiger partial charge is 0.325 e. The molecule has 0 spiro atoms. The van der Waals surface area contributed by atoms with Crippen LogP contribution in [-0.2, 0) is 4.79 Å². The van der Waals surface area contributed by atoms with Crippen LogP contribution in [0.15, 0.2) is 52.3 Å². The lowest BCUT2D eigenvalue weighted by Gasteiger charge is -2.32. The number of benzene rings is 2. The van der Waals surface area contributed by atoms with E-state index in [9.17, 15) is 4.79 Å². The molecule has 1 saturated heterocycles. The topological polar surface area (TPSA) is 44.4 Å². The minimum Gasteiger partial charge on any atom is -0.325 e. The molecule has 3 rings (SSSR count). The Morgan fingerprint density at radius 1 is 1.10 bits per heavy atom. The van der Waals surface area contributed by atoms with Gasteiger partial charge in [0.2, 0.25) is 5.91 Å². The van der Waals surface area contributed by atoms with E-state index in [0.29, 0.717) is 18.6 Å².